The SMILES string of the molecule is CC(C)(C)c1ccc2c(c1)B1c3ccccc3-n3c4cc5c(cc4c4ccc(c1c43)O2)N1C=CC2Sc3ccc(C(C)(C)C)cc3B3c4ccccc4N5C1C32. The molecule has 13 rings (SSSR count). The zero-order valence-corrected chi connectivity index (χ0v) is 33.4. The average molecular weight is 742 g/mol. The van der Waals surface area contributed by atoms with Gasteiger partial charge >= 0.3 is 0 Å². The fraction of sp³-hybridized carbons (Fsp3) is 0.224. The Hall–Kier alpha value is -5.26. The Morgan fingerprint density at radius 2 is 1.34 bits per heavy atom. The monoisotopic (exact) mass is 741 g/mol. The molecule has 270 valence electrons. The van der Waals surface area contributed by atoms with E-state index in [2.05, 4.69) is 189 Å². The van der Waals surface area contributed by atoms with E-state index < -0.39 is 0 Å². The summed E-state index contributed by atoms with van der Waals surface area (Å²) in [7, 11) is 0. The molecule has 0 aliphatic carbocycles. The molecule has 0 saturated carbocycles. The van der Waals surface area contributed by atoms with Crippen LogP contribution < -0.4 is 41.9 Å². The molecule has 7 heterocycles. The number of hydrogen-bond donors (Lipinski definition) is 0. The predicted octanol–water partition coefficient (Wildman–Crippen LogP) is 8.59. The number of rotatable bonds is 0. The Kier molecular flexibility index (Phi) is 5.91. The topological polar surface area (TPSA) is 20.6 Å². The Morgan fingerprint density at radius 3 is 2.14 bits per heavy atom. The first-order chi connectivity index (χ1) is 27.0. The smallest absolute Gasteiger partial charge is 0.256 e. The molecule has 0 N–H and O–H groups in total. The van der Waals surface area contributed by atoms with E-state index in [4.69, 9.17) is 4.74 Å². The van der Waals surface area contributed by atoms with Gasteiger partial charge in [-0.05, 0) is 86.9 Å². The summed E-state index contributed by atoms with van der Waals surface area (Å²) in [4.78, 5) is 6.75. The van der Waals surface area contributed by atoms with Gasteiger partial charge < -0.3 is 19.1 Å². The minimum atomic E-state index is 0.0356. The van der Waals surface area contributed by atoms with Gasteiger partial charge in [0.1, 0.15) is 17.7 Å². The second kappa shape index (κ2) is 10.4. The summed E-state index contributed by atoms with van der Waals surface area (Å²) in [5.74, 6) is 2.33. The van der Waals surface area contributed by atoms with Crippen molar-refractivity contribution in [1.82, 2.24) is 4.57 Å². The molecule has 7 aromatic rings. The largest absolute Gasteiger partial charge is 0.458 e. The van der Waals surface area contributed by atoms with Crippen molar-refractivity contribution in [1.29, 1.82) is 0 Å². The molecule has 6 aromatic carbocycles. The number of aromatic nitrogens is 1. The molecular weight excluding hydrogens is 700 g/mol. The summed E-state index contributed by atoms with van der Waals surface area (Å²) < 4.78 is 9.38. The van der Waals surface area contributed by atoms with E-state index in [1.807, 2.05) is 0 Å². The van der Waals surface area contributed by atoms with Crippen LogP contribution in [-0.4, -0.2) is 29.4 Å². The van der Waals surface area contributed by atoms with Gasteiger partial charge in [0, 0.05) is 44.3 Å². The molecule has 3 unspecified atom stereocenters. The highest BCUT2D eigenvalue weighted by atomic mass is 32.2. The van der Waals surface area contributed by atoms with Gasteiger partial charge in [-0.25, -0.2) is 0 Å². The van der Waals surface area contributed by atoms with Crippen molar-refractivity contribution in [2.75, 3.05) is 9.80 Å². The predicted molar refractivity (Wildman–Crippen MR) is 238 cm³/mol. The van der Waals surface area contributed by atoms with Crippen LogP contribution in [0.3, 0.4) is 0 Å². The third-order valence-corrected chi connectivity index (χ3v) is 15.2. The van der Waals surface area contributed by atoms with Gasteiger partial charge in [0.25, 0.3) is 6.71 Å². The van der Waals surface area contributed by atoms with Crippen LogP contribution in [-0.2, 0) is 10.8 Å². The van der Waals surface area contributed by atoms with Crippen molar-refractivity contribution in [2.45, 2.75) is 74.5 Å². The molecule has 6 aliphatic heterocycles. The number of thioether (sulfide) groups is 1. The van der Waals surface area contributed by atoms with Crippen LogP contribution in [0.5, 0.6) is 11.5 Å². The molecule has 0 saturated heterocycles. The maximum absolute atomic E-state index is 6.81. The maximum Gasteiger partial charge on any atom is 0.256 e. The molecule has 56 heavy (non-hydrogen) atoms. The number of para-hydroxylation sites is 2. The molecule has 3 atom stereocenters. The lowest BCUT2D eigenvalue weighted by Crippen LogP contribution is -2.65. The van der Waals surface area contributed by atoms with E-state index in [0.717, 1.165) is 11.5 Å². The van der Waals surface area contributed by atoms with Crippen LogP contribution >= 0.6 is 11.8 Å². The van der Waals surface area contributed by atoms with Crippen molar-refractivity contribution >= 4 is 91.4 Å². The van der Waals surface area contributed by atoms with Crippen LogP contribution in [0, 0.1) is 0 Å². The number of nitrogens with zero attached hydrogens (tertiary/aromatic N) is 3. The minimum Gasteiger partial charge on any atom is -0.458 e. The lowest BCUT2D eigenvalue weighted by molar-refractivity contribution is 0.486. The first kappa shape index (κ1) is 31.9. The lowest BCUT2D eigenvalue weighted by atomic mass is 9.30. The molecule has 0 fully saturated rings. The van der Waals surface area contributed by atoms with E-state index in [1.54, 1.807) is 0 Å². The van der Waals surface area contributed by atoms with E-state index in [0.29, 0.717) is 17.8 Å². The highest BCUT2D eigenvalue weighted by Gasteiger charge is 2.57. The highest BCUT2D eigenvalue weighted by molar-refractivity contribution is 8.00. The van der Waals surface area contributed by atoms with Crippen LogP contribution in [0.25, 0.3) is 27.5 Å². The molecule has 0 spiro atoms. The molecular formula is C49H41B2N3OS. The van der Waals surface area contributed by atoms with E-state index in [-0.39, 0.29) is 23.7 Å². The number of fused-ring (bicyclic) bond motifs is 16. The van der Waals surface area contributed by atoms with Crippen LogP contribution in [0.15, 0.2) is 126 Å². The van der Waals surface area contributed by atoms with Gasteiger partial charge in [0.2, 0.25) is 6.71 Å². The average Bonchev–Trinajstić information content (AvgIpc) is 3.70. The zero-order chi connectivity index (χ0) is 37.6. The van der Waals surface area contributed by atoms with E-state index >= 15 is 0 Å². The maximum atomic E-state index is 6.81. The van der Waals surface area contributed by atoms with Gasteiger partial charge in [-0.2, -0.15) is 0 Å². The lowest BCUT2D eigenvalue weighted by Gasteiger charge is -2.52. The molecule has 0 bridgehead atoms. The minimum absolute atomic E-state index is 0.0356. The first-order valence-electron chi connectivity index (χ1n) is 20.3. The van der Waals surface area contributed by atoms with Crippen molar-refractivity contribution in [3.63, 3.8) is 0 Å². The van der Waals surface area contributed by atoms with Crippen molar-refractivity contribution in [3.8, 4) is 17.2 Å². The van der Waals surface area contributed by atoms with Gasteiger partial charge in [-0.1, -0.05) is 119 Å². The highest BCUT2D eigenvalue weighted by Crippen LogP contribution is 2.58. The number of benzene rings is 6. The quantitative estimate of drug-likeness (QED) is 0.145. The Labute approximate surface area is 333 Å². The fourth-order valence-corrected chi connectivity index (χ4v) is 12.6. The second-order valence-corrected chi connectivity index (χ2v) is 20.1. The molecule has 1 aromatic heterocycles. The number of hydrogen-bond acceptors (Lipinski definition) is 4. The Balaban J connectivity index is 1.06. The Morgan fingerprint density at radius 1 is 0.625 bits per heavy atom. The van der Waals surface area contributed by atoms with Crippen molar-refractivity contribution in [3.05, 3.63) is 133 Å². The summed E-state index contributed by atoms with van der Waals surface area (Å²) in [5.41, 5.74) is 17.4. The molecule has 0 amide bonds. The van der Waals surface area contributed by atoms with E-state index in [9.17, 15) is 0 Å². The van der Waals surface area contributed by atoms with Crippen molar-refractivity contribution < 1.29 is 4.74 Å². The third-order valence-electron chi connectivity index (χ3n) is 13.8. The molecule has 4 nitrogen and oxygen atoms in total. The van der Waals surface area contributed by atoms with Crippen molar-refractivity contribution in [2.24, 2.45) is 0 Å². The summed E-state index contributed by atoms with van der Waals surface area (Å²) in [6, 6.07) is 42.1. The zero-order valence-electron chi connectivity index (χ0n) is 32.6. The number of ether oxygens (including phenoxy) is 1. The number of anilines is 3. The summed E-state index contributed by atoms with van der Waals surface area (Å²) >= 11 is 2.07. The van der Waals surface area contributed by atoms with Crippen LogP contribution in [0.1, 0.15) is 52.7 Å². The molecule has 7 heteroatoms. The van der Waals surface area contributed by atoms with Gasteiger partial charge in [0.05, 0.1) is 22.4 Å². The standard InChI is InChI=1S/C49H41B2N3OS/c1-48(2,3)27-15-18-40-33(23-27)50-31-11-7-9-13-35(31)53-37-26-39-38(25-30(37)29-17-19-41(55-40)44(50)46(29)53)52-22-21-43-45-47(52)54(39)36-14-10-8-12-32(36)51(45)34-24-28(49(4,5)6)16-20-42(34)56-43/h7-26,43,45,47H,1-6H3. The van der Waals surface area contributed by atoms with Gasteiger partial charge in [0.15, 0.2) is 0 Å². The third kappa shape index (κ3) is 3.90. The van der Waals surface area contributed by atoms with Crippen LogP contribution in [0.4, 0.5) is 17.1 Å². The van der Waals surface area contributed by atoms with Gasteiger partial charge in [-0.15, -0.1) is 11.8 Å². The van der Waals surface area contributed by atoms with Crippen LogP contribution in [0.2, 0.25) is 5.82 Å². The Bertz CT molecular complexity index is 2970. The fourth-order valence-electron chi connectivity index (χ4n) is 11.2. The first-order valence-corrected chi connectivity index (χ1v) is 21.2. The summed E-state index contributed by atoms with van der Waals surface area (Å²) in [5, 5.41) is 2.98. The van der Waals surface area contributed by atoms with Gasteiger partial charge in [-0.3, -0.25) is 0 Å². The second-order valence-electron chi connectivity index (χ2n) is 18.9. The molecule has 6 aliphatic rings. The molecule has 0 radical (unpaired) electrons. The normalized spacial score (nSPS) is 20.4. The summed E-state index contributed by atoms with van der Waals surface area (Å²) in [6.45, 7) is 14.3. The van der Waals surface area contributed by atoms with E-state index in [1.165, 1.54) is 87.9 Å². The summed E-state index contributed by atoms with van der Waals surface area (Å²) in [6.07, 6.45) is 5.11.